The number of nitrogen functional groups attached to an aromatic ring is 1. The smallest absolute Gasteiger partial charge is 0.228 e. The Bertz CT molecular complexity index is 764. The largest absolute Gasteiger partial charge is 0.397 e. The molecule has 1 heterocycles. The molecule has 0 saturated carbocycles. The second-order valence-corrected chi connectivity index (χ2v) is 6.28. The second-order valence-electron chi connectivity index (χ2n) is 4.67. The molecule has 1 aliphatic rings. The number of halogens is 3. The fourth-order valence-electron chi connectivity index (χ4n) is 2.17. The van der Waals surface area contributed by atoms with Crippen molar-refractivity contribution >= 4 is 67.8 Å². The summed E-state index contributed by atoms with van der Waals surface area (Å²) < 4.78 is 0.717. The molecular formula is C14H10BrCl2N3O. The van der Waals surface area contributed by atoms with Gasteiger partial charge in [-0.25, -0.2) is 0 Å². The van der Waals surface area contributed by atoms with Gasteiger partial charge in [0.05, 0.1) is 33.5 Å². The van der Waals surface area contributed by atoms with Gasteiger partial charge in [0.2, 0.25) is 5.91 Å². The van der Waals surface area contributed by atoms with Gasteiger partial charge >= 0.3 is 0 Å². The maximum Gasteiger partial charge on any atom is 0.228 e. The van der Waals surface area contributed by atoms with Crippen LogP contribution >= 0.6 is 39.1 Å². The van der Waals surface area contributed by atoms with Crippen molar-refractivity contribution in [2.45, 2.75) is 6.42 Å². The van der Waals surface area contributed by atoms with E-state index in [1.807, 2.05) is 0 Å². The molecule has 4 N–H and O–H groups in total. The summed E-state index contributed by atoms with van der Waals surface area (Å²) in [5.74, 6) is -0.0359. The minimum Gasteiger partial charge on any atom is -0.397 e. The van der Waals surface area contributed by atoms with Crippen molar-refractivity contribution in [3.63, 3.8) is 0 Å². The van der Waals surface area contributed by atoms with E-state index in [4.69, 9.17) is 28.9 Å². The Morgan fingerprint density at radius 2 is 1.95 bits per heavy atom. The van der Waals surface area contributed by atoms with Crippen molar-refractivity contribution < 1.29 is 4.79 Å². The van der Waals surface area contributed by atoms with E-state index in [0.717, 1.165) is 11.3 Å². The Morgan fingerprint density at radius 1 is 1.19 bits per heavy atom. The van der Waals surface area contributed by atoms with E-state index in [9.17, 15) is 4.79 Å². The maximum atomic E-state index is 11.4. The molecule has 0 aromatic heterocycles. The van der Waals surface area contributed by atoms with Gasteiger partial charge in [-0.3, -0.25) is 4.79 Å². The van der Waals surface area contributed by atoms with Crippen LogP contribution in [0.15, 0.2) is 28.7 Å². The van der Waals surface area contributed by atoms with E-state index in [-0.39, 0.29) is 5.91 Å². The van der Waals surface area contributed by atoms with Gasteiger partial charge in [0.1, 0.15) is 0 Å². The number of benzene rings is 2. The number of nitrogens with one attached hydrogen (secondary N) is 2. The molecule has 0 unspecified atom stereocenters. The first-order valence-corrected chi connectivity index (χ1v) is 7.63. The number of rotatable bonds is 2. The topological polar surface area (TPSA) is 67.2 Å². The quantitative estimate of drug-likeness (QED) is 0.522. The van der Waals surface area contributed by atoms with E-state index in [1.165, 1.54) is 0 Å². The number of carbonyl (C=O) groups excluding carboxylic acids is 1. The summed E-state index contributed by atoms with van der Waals surface area (Å²) >= 11 is 15.6. The third-order valence-corrected chi connectivity index (χ3v) is 4.98. The van der Waals surface area contributed by atoms with E-state index in [1.54, 1.807) is 24.3 Å². The van der Waals surface area contributed by atoms with E-state index in [0.29, 0.717) is 38.0 Å². The number of amides is 1. The average Bonchev–Trinajstić information content (AvgIpc) is 2.79. The van der Waals surface area contributed by atoms with E-state index >= 15 is 0 Å². The Kier molecular flexibility index (Phi) is 3.73. The van der Waals surface area contributed by atoms with Crippen molar-refractivity contribution in [1.29, 1.82) is 0 Å². The molecule has 7 heteroatoms. The van der Waals surface area contributed by atoms with E-state index < -0.39 is 0 Å². The maximum absolute atomic E-state index is 11.4. The average molecular weight is 387 g/mol. The summed E-state index contributed by atoms with van der Waals surface area (Å²) in [6.45, 7) is 0. The summed E-state index contributed by atoms with van der Waals surface area (Å²) in [7, 11) is 0. The Morgan fingerprint density at radius 3 is 2.71 bits per heavy atom. The summed E-state index contributed by atoms with van der Waals surface area (Å²) in [5, 5.41) is 6.75. The lowest BCUT2D eigenvalue weighted by Crippen LogP contribution is -2.03. The molecule has 0 saturated heterocycles. The Labute approximate surface area is 139 Å². The fraction of sp³-hybridized carbons (Fsp3) is 0.0714. The van der Waals surface area contributed by atoms with Crippen LogP contribution in [0, 0.1) is 0 Å². The van der Waals surface area contributed by atoms with Crippen molar-refractivity contribution in [1.82, 2.24) is 0 Å². The molecule has 1 aliphatic heterocycles. The highest BCUT2D eigenvalue weighted by molar-refractivity contribution is 9.10. The van der Waals surface area contributed by atoms with Gasteiger partial charge in [-0.2, -0.15) is 0 Å². The van der Waals surface area contributed by atoms with Crippen molar-refractivity contribution in [2.75, 3.05) is 16.4 Å². The van der Waals surface area contributed by atoms with Crippen LogP contribution in [-0.2, 0) is 11.2 Å². The van der Waals surface area contributed by atoms with Gasteiger partial charge < -0.3 is 16.4 Å². The lowest BCUT2D eigenvalue weighted by Gasteiger charge is -2.14. The molecule has 1 amide bonds. The molecule has 2 aromatic rings. The van der Waals surface area contributed by atoms with Crippen LogP contribution in [0.4, 0.5) is 22.7 Å². The number of hydrogen-bond acceptors (Lipinski definition) is 3. The number of fused-ring (bicyclic) bond motifs is 1. The summed E-state index contributed by atoms with van der Waals surface area (Å²) in [4.78, 5) is 11.4. The normalized spacial score (nSPS) is 13.0. The van der Waals surface area contributed by atoms with Crippen LogP contribution in [0.1, 0.15) is 5.56 Å². The number of carbonyl (C=O) groups is 1. The van der Waals surface area contributed by atoms with Gasteiger partial charge in [-0.1, -0.05) is 23.2 Å². The molecule has 0 fully saturated rings. The molecule has 108 valence electrons. The lowest BCUT2D eigenvalue weighted by molar-refractivity contribution is -0.115. The van der Waals surface area contributed by atoms with Crippen molar-refractivity contribution in [2.24, 2.45) is 0 Å². The van der Waals surface area contributed by atoms with Crippen LogP contribution < -0.4 is 16.4 Å². The highest BCUT2D eigenvalue weighted by Crippen LogP contribution is 2.39. The summed E-state index contributed by atoms with van der Waals surface area (Å²) in [5.41, 5.74) is 9.51. The molecule has 0 spiro atoms. The monoisotopic (exact) mass is 385 g/mol. The zero-order valence-electron chi connectivity index (χ0n) is 10.6. The standard InChI is InChI=1S/C14H10BrCl2N3O/c15-7-1-2-9(14(17)13(7)16)19-11-5-10-6(3-8(11)18)4-12(21)20-10/h1-3,5,19H,4,18H2,(H,20,21). The second kappa shape index (κ2) is 5.40. The van der Waals surface area contributed by atoms with Gasteiger partial charge in [0.15, 0.2) is 0 Å². The van der Waals surface area contributed by atoms with Crippen LogP contribution in [0.25, 0.3) is 0 Å². The molecule has 0 atom stereocenters. The number of hydrogen-bond donors (Lipinski definition) is 3. The molecule has 2 aromatic carbocycles. The van der Waals surface area contributed by atoms with Gasteiger partial charge in [0, 0.05) is 10.2 Å². The van der Waals surface area contributed by atoms with Gasteiger partial charge in [-0.15, -0.1) is 0 Å². The summed E-state index contributed by atoms with van der Waals surface area (Å²) in [6.07, 6.45) is 0.352. The molecule has 21 heavy (non-hydrogen) atoms. The first kappa shape index (κ1) is 14.5. The molecule has 4 nitrogen and oxygen atoms in total. The lowest BCUT2D eigenvalue weighted by atomic mass is 10.1. The van der Waals surface area contributed by atoms with Crippen molar-refractivity contribution in [3.05, 3.63) is 44.3 Å². The number of nitrogens with two attached hydrogens (primary N) is 1. The third-order valence-electron chi connectivity index (χ3n) is 3.20. The highest BCUT2D eigenvalue weighted by atomic mass is 79.9. The minimum absolute atomic E-state index is 0.0359. The highest BCUT2D eigenvalue weighted by Gasteiger charge is 2.19. The Hall–Kier alpha value is -1.43. The minimum atomic E-state index is -0.0359. The number of anilines is 4. The first-order chi connectivity index (χ1) is 9.95. The molecular weight excluding hydrogens is 377 g/mol. The Balaban J connectivity index is 1.98. The van der Waals surface area contributed by atoms with Crippen LogP contribution in [0.2, 0.25) is 10.0 Å². The fourth-order valence-corrected chi connectivity index (χ4v) is 2.99. The summed E-state index contributed by atoms with van der Waals surface area (Å²) in [6, 6.07) is 7.16. The van der Waals surface area contributed by atoms with Crippen LogP contribution in [0.3, 0.4) is 0 Å². The molecule has 0 aliphatic carbocycles. The first-order valence-electron chi connectivity index (χ1n) is 6.08. The predicted octanol–water partition coefficient (Wildman–Crippen LogP) is 4.58. The SMILES string of the molecule is Nc1cc2c(cc1Nc1ccc(Br)c(Cl)c1Cl)NC(=O)C2. The van der Waals surface area contributed by atoms with Crippen LogP contribution in [-0.4, -0.2) is 5.91 Å². The van der Waals surface area contributed by atoms with Gasteiger partial charge in [0.25, 0.3) is 0 Å². The molecule has 3 rings (SSSR count). The molecule has 0 radical (unpaired) electrons. The van der Waals surface area contributed by atoms with Gasteiger partial charge in [-0.05, 0) is 45.8 Å². The predicted molar refractivity (Wildman–Crippen MR) is 90.6 cm³/mol. The van der Waals surface area contributed by atoms with Crippen molar-refractivity contribution in [3.8, 4) is 0 Å². The van der Waals surface area contributed by atoms with Crippen LogP contribution in [0.5, 0.6) is 0 Å². The third kappa shape index (κ3) is 2.69. The molecule has 0 bridgehead atoms. The zero-order chi connectivity index (χ0) is 15.1. The zero-order valence-corrected chi connectivity index (χ0v) is 13.7. The van der Waals surface area contributed by atoms with E-state index in [2.05, 4.69) is 26.6 Å².